The van der Waals surface area contributed by atoms with Gasteiger partial charge in [0, 0.05) is 18.0 Å². The number of hydrogen-bond acceptors (Lipinski definition) is 5. The summed E-state index contributed by atoms with van der Waals surface area (Å²) >= 11 is 5.78. The van der Waals surface area contributed by atoms with Crippen LogP contribution < -0.4 is 0 Å². The van der Waals surface area contributed by atoms with Crippen LogP contribution in [0.4, 0.5) is 0 Å². The van der Waals surface area contributed by atoms with Gasteiger partial charge in [-0.15, -0.1) is 0 Å². The zero-order valence-corrected chi connectivity index (χ0v) is 9.39. The number of aliphatic hydroxyl groups excluding tert-OH is 2. The molecule has 16 heavy (non-hydrogen) atoms. The molecule has 0 saturated carbocycles. The van der Waals surface area contributed by atoms with Crippen LogP contribution in [0.15, 0.2) is 18.5 Å². The maximum Gasteiger partial charge on any atom is 0.308 e. The molecule has 88 valence electrons. The Hall–Kier alpha value is -1.17. The normalized spacial score (nSPS) is 14.2. The Labute approximate surface area is 97.6 Å². The number of nitrogens with zero attached hydrogens (tertiary/aromatic N) is 1. The predicted molar refractivity (Wildman–Crippen MR) is 56.8 cm³/mol. The maximum atomic E-state index is 10.9. The lowest BCUT2D eigenvalue weighted by Gasteiger charge is -2.17. The Bertz CT molecular complexity index is 372. The first-order valence-corrected chi connectivity index (χ1v) is 4.96. The number of methoxy groups -OCH3 is 1. The van der Waals surface area contributed by atoms with E-state index < -0.39 is 18.2 Å². The van der Waals surface area contributed by atoms with Crippen LogP contribution in [0.1, 0.15) is 18.1 Å². The van der Waals surface area contributed by atoms with Crippen LogP contribution in [0, 0.1) is 0 Å². The van der Waals surface area contributed by atoms with Crippen molar-refractivity contribution in [3.63, 3.8) is 0 Å². The Kier molecular flexibility index (Phi) is 4.67. The van der Waals surface area contributed by atoms with E-state index in [9.17, 15) is 15.0 Å². The number of esters is 1. The fraction of sp³-hybridized carbons (Fsp3) is 0.400. The van der Waals surface area contributed by atoms with Crippen molar-refractivity contribution in [3.8, 4) is 0 Å². The van der Waals surface area contributed by atoms with E-state index >= 15 is 0 Å². The largest absolute Gasteiger partial charge is 0.469 e. The number of pyridine rings is 1. The molecule has 0 bridgehead atoms. The van der Waals surface area contributed by atoms with Crippen LogP contribution in [0.2, 0.25) is 5.02 Å². The summed E-state index contributed by atoms with van der Waals surface area (Å²) in [5.41, 5.74) is 0.327. The van der Waals surface area contributed by atoms with Gasteiger partial charge >= 0.3 is 5.97 Å². The summed E-state index contributed by atoms with van der Waals surface area (Å²) in [5.74, 6) is -0.600. The third kappa shape index (κ3) is 3.16. The summed E-state index contributed by atoms with van der Waals surface area (Å²) in [4.78, 5) is 14.7. The van der Waals surface area contributed by atoms with Gasteiger partial charge in [-0.1, -0.05) is 11.6 Å². The molecule has 2 N–H and O–H groups in total. The van der Waals surface area contributed by atoms with Crippen molar-refractivity contribution in [3.05, 3.63) is 29.0 Å². The first-order valence-electron chi connectivity index (χ1n) is 4.58. The van der Waals surface area contributed by atoms with Gasteiger partial charge in [0.05, 0.1) is 24.7 Å². The van der Waals surface area contributed by atoms with Crippen molar-refractivity contribution >= 4 is 17.6 Å². The maximum absolute atomic E-state index is 10.9. The number of carbonyl (C=O) groups excluding carboxylic acids is 1. The second-order valence-electron chi connectivity index (χ2n) is 3.19. The molecule has 1 heterocycles. The fourth-order valence-corrected chi connectivity index (χ4v) is 1.43. The van der Waals surface area contributed by atoms with E-state index in [1.54, 1.807) is 0 Å². The molecule has 0 aliphatic carbocycles. The topological polar surface area (TPSA) is 79.7 Å². The summed E-state index contributed by atoms with van der Waals surface area (Å²) in [6.07, 6.45) is -0.00158. The minimum Gasteiger partial charge on any atom is -0.469 e. The highest BCUT2D eigenvalue weighted by atomic mass is 35.5. The third-order valence-corrected chi connectivity index (χ3v) is 2.41. The highest BCUT2D eigenvalue weighted by Crippen LogP contribution is 2.25. The average molecular weight is 246 g/mol. The number of aliphatic hydroxyl groups is 2. The molecule has 1 aromatic rings. The van der Waals surface area contributed by atoms with Crippen LogP contribution in [-0.2, 0) is 9.53 Å². The van der Waals surface area contributed by atoms with E-state index in [4.69, 9.17) is 11.6 Å². The lowest BCUT2D eigenvalue weighted by Crippen LogP contribution is -2.22. The Morgan fingerprint density at radius 1 is 1.62 bits per heavy atom. The molecule has 2 atom stereocenters. The predicted octanol–water partition coefficient (Wildman–Crippen LogP) is 0.692. The standard InChI is InChI=1S/C10H12ClNO4/c1-16-9(14)4-8(13)10(15)6-2-3-12-5-7(6)11/h2-3,5,8,10,13,15H,4H2,1H3. The first-order chi connectivity index (χ1) is 7.56. The molecular weight excluding hydrogens is 234 g/mol. The molecule has 0 spiro atoms. The molecule has 2 unspecified atom stereocenters. The van der Waals surface area contributed by atoms with Crippen molar-refractivity contribution in [1.82, 2.24) is 4.98 Å². The lowest BCUT2D eigenvalue weighted by molar-refractivity contribution is -0.144. The molecule has 1 aromatic heterocycles. The van der Waals surface area contributed by atoms with Crippen molar-refractivity contribution < 1.29 is 19.7 Å². The van der Waals surface area contributed by atoms with Gasteiger partial charge in [-0.2, -0.15) is 0 Å². The van der Waals surface area contributed by atoms with E-state index in [0.717, 1.165) is 0 Å². The molecule has 0 aromatic carbocycles. The highest BCUT2D eigenvalue weighted by molar-refractivity contribution is 6.31. The number of halogens is 1. The summed E-state index contributed by atoms with van der Waals surface area (Å²) in [7, 11) is 1.21. The van der Waals surface area contributed by atoms with Crippen LogP contribution in [0.3, 0.4) is 0 Å². The number of aromatic nitrogens is 1. The fourth-order valence-electron chi connectivity index (χ4n) is 1.20. The molecule has 6 heteroatoms. The van der Waals surface area contributed by atoms with Crippen LogP contribution in [0.5, 0.6) is 0 Å². The lowest BCUT2D eigenvalue weighted by atomic mass is 10.0. The zero-order valence-electron chi connectivity index (χ0n) is 8.63. The number of carbonyl (C=O) groups is 1. The molecule has 0 aliphatic rings. The smallest absolute Gasteiger partial charge is 0.308 e. The Morgan fingerprint density at radius 2 is 2.31 bits per heavy atom. The molecule has 0 amide bonds. The first kappa shape index (κ1) is 12.9. The molecule has 5 nitrogen and oxygen atoms in total. The summed E-state index contributed by atoms with van der Waals surface area (Å²) in [6, 6.07) is 1.48. The van der Waals surface area contributed by atoms with E-state index in [1.165, 1.54) is 25.6 Å². The van der Waals surface area contributed by atoms with E-state index in [2.05, 4.69) is 9.72 Å². The van der Waals surface area contributed by atoms with Gasteiger partial charge in [-0.05, 0) is 6.07 Å². The molecular formula is C10H12ClNO4. The average Bonchev–Trinajstić information content (AvgIpc) is 2.28. The third-order valence-electron chi connectivity index (χ3n) is 2.09. The Morgan fingerprint density at radius 3 is 2.88 bits per heavy atom. The van der Waals surface area contributed by atoms with Gasteiger partial charge in [0.2, 0.25) is 0 Å². The zero-order chi connectivity index (χ0) is 12.1. The minimum atomic E-state index is -1.26. The summed E-state index contributed by atoms with van der Waals surface area (Å²) < 4.78 is 4.38. The van der Waals surface area contributed by atoms with Crippen molar-refractivity contribution in [2.75, 3.05) is 7.11 Å². The number of ether oxygens (including phenoxy) is 1. The molecule has 0 radical (unpaired) electrons. The summed E-state index contributed by atoms with van der Waals surface area (Å²) in [5, 5.41) is 19.5. The van der Waals surface area contributed by atoms with E-state index in [-0.39, 0.29) is 11.4 Å². The monoisotopic (exact) mass is 245 g/mol. The van der Waals surface area contributed by atoms with Gasteiger partial charge in [-0.25, -0.2) is 0 Å². The molecule has 1 rings (SSSR count). The Balaban J connectivity index is 2.74. The summed E-state index contributed by atoms with van der Waals surface area (Å²) in [6.45, 7) is 0. The van der Waals surface area contributed by atoms with Gasteiger partial charge < -0.3 is 14.9 Å². The molecule has 0 saturated heterocycles. The van der Waals surface area contributed by atoms with Gasteiger partial charge in [0.1, 0.15) is 6.10 Å². The highest BCUT2D eigenvalue weighted by Gasteiger charge is 2.23. The van der Waals surface area contributed by atoms with E-state index in [0.29, 0.717) is 5.56 Å². The van der Waals surface area contributed by atoms with Crippen LogP contribution in [0.25, 0.3) is 0 Å². The van der Waals surface area contributed by atoms with Crippen molar-refractivity contribution in [2.45, 2.75) is 18.6 Å². The van der Waals surface area contributed by atoms with E-state index in [1.807, 2.05) is 0 Å². The van der Waals surface area contributed by atoms with Crippen LogP contribution >= 0.6 is 11.6 Å². The molecule has 0 fully saturated rings. The van der Waals surface area contributed by atoms with Crippen LogP contribution in [-0.4, -0.2) is 34.4 Å². The minimum absolute atomic E-state index is 0.235. The second-order valence-corrected chi connectivity index (χ2v) is 3.60. The van der Waals surface area contributed by atoms with Gasteiger partial charge in [-0.3, -0.25) is 9.78 Å². The quantitative estimate of drug-likeness (QED) is 0.763. The molecule has 0 aliphatic heterocycles. The van der Waals surface area contributed by atoms with Gasteiger partial charge in [0.25, 0.3) is 0 Å². The van der Waals surface area contributed by atoms with Crippen molar-refractivity contribution in [2.24, 2.45) is 0 Å². The number of hydrogen-bond donors (Lipinski definition) is 2. The number of rotatable bonds is 4. The van der Waals surface area contributed by atoms with Gasteiger partial charge in [0.15, 0.2) is 0 Å². The SMILES string of the molecule is COC(=O)CC(O)C(O)c1ccncc1Cl. The second kappa shape index (κ2) is 5.79. The van der Waals surface area contributed by atoms with Crippen molar-refractivity contribution in [1.29, 1.82) is 0 Å².